The number of nitrogen functional groups attached to an aromatic ring is 1. The van der Waals surface area contributed by atoms with Crippen molar-refractivity contribution < 1.29 is 9.53 Å². The number of rotatable bonds is 5. The average molecular weight is 274 g/mol. The van der Waals surface area contributed by atoms with Crippen LogP contribution in [0.4, 0.5) is 11.4 Å². The molecule has 20 heavy (non-hydrogen) atoms. The molecule has 6 nitrogen and oxygen atoms in total. The lowest BCUT2D eigenvalue weighted by molar-refractivity contribution is 0.0527. The van der Waals surface area contributed by atoms with Crippen molar-refractivity contribution in [1.82, 2.24) is 9.78 Å². The summed E-state index contributed by atoms with van der Waals surface area (Å²) in [5, 5.41) is 7.26. The number of anilines is 2. The number of hydrogen-bond acceptors (Lipinski definition) is 5. The number of ether oxygens (including phenoxy) is 1. The third-order valence-electron chi connectivity index (χ3n) is 2.82. The van der Waals surface area contributed by atoms with Crippen LogP contribution in [0.15, 0.2) is 30.6 Å². The van der Waals surface area contributed by atoms with Crippen LogP contribution in [0.3, 0.4) is 0 Å². The molecule has 2 rings (SSSR count). The van der Waals surface area contributed by atoms with E-state index in [4.69, 9.17) is 10.5 Å². The van der Waals surface area contributed by atoms with Gasteiger partial charge in [-0.3, -0.25) is 4.68 Å². The lowest BCUT2D eigenvalue weighted by Crippen LogP contribution is -2.11. The molecule has 0 saturated carbocycles. The Hall–Kier alpha value is -2.50. The minimum atomic E-state index is -0.381. The van der Waals surface area contributed by atoms with Gasteiger partial charge < -0.3 is 15.8 Å². The molecule has 6 heteroatoms. The SMILES string of the molecule is CCOC(=O)c1cccc(N)c1NCc1cnn(C)c1. The average Bonchev–Trinajstić information content (AvgIpc) is 2.83. The number of aryl methyl sites for hydroxylation is 1. The van der Waals surface area contributed by atoms with Gasteiger partial charge in [-0.15, -0.1) is 0 Å². The molecule has 1 aromatic heterocycles. The Morgan fingerprint density at radius 2 is 2.30 bits per heavy atom. The van der Waals surface area contributed by atoms with Crippen molar-refractivity contribution in [3.8, 4) is 0 Å². The Balaban J connectivity index is 2.19. The van der Waals surface area contributed by atoms with Crippen LogP contribution in [0.2, 0.25) is 0 Å². The van der Waals surface area contributed by atoms with Gasteiger partial charge in [-0.25, -0.2) is 4.79 Å². The normalized spacial score (nSPS) is 10.3. The molecule has 0 amide bonds. The molecule has 0 radical (unpaired) electrons. The van der Waals surface area contributed by atoms with Crippen molar-refractivity contribution >= 4 is 17.3 Å². The Bertz CT molecular complexity index is 607. The third kappa shape index (κ3) is 3.09. The largest absolute Gasteiger partial charge is 0.462 e. The monoisotopic (exact) mass is 274 g/mol. The molecule has 0 aliphatic carbocycles. The van der Waals surface area contributed by atoms with Crippen molar-refractivity contribution in [3.05, 3.63) is 41.7 Å². The van der Waals surface area contributed by atoms with Gasteiger partial charge in [-0.2, -0.15) is 5.10 Å². The van der Waals surface area contributed by atoms with E-state index < -0.39 is 0 Å². The van der Waals surface area contributed by atoms with Crippen molar-refractivity contribution in [2.24, 2.45) is 7.05 Å². The lowest BCUT2D eigenvalue weighted by atomic mass is 10.1. The number of hydrogen-bond donors (Lipinski definition) is 2. The van der Waals surface area contributed by atoms with E-state index in [2.05, 4.69) is 10.4 Å². The van der Waals surface area contributed by atoms with Gasteiger partial charge in [0.1, 0.15) is 0 Å². The van der Waals surface area contributed by atoms with E-state index in [-0.39, 0.29) is 5.97 Å². The number of para-hydroxylation sites is 1. The maximum atomic E-state index is 11.9. The molecule has 0 fully saturated rings. The van der Waals surface area contributed by atoms with E-state index >= 15 is 0 Å². The van der Waals surface area contributed by atoms with Crippen LogP contribution in [0.25, 0.3) is 0 Å². The molecule has 0 aliphatic heterocycles. The summed E-state index contributed by atoms with van der Waals surface area (Å²) < 4.78 is 6.75. The highest BCUT2D eigenvalue weighted by atomic mass is 16.5. The summed E-state index contributed by atoms with van der Waals surface area (Å²) in [6.07, 6.45) is 3.66. The predicted octanol–water partition coefficient (Wildman–Crippen LogP) is 1.79. The summed E-state index contributed by atoms with van der Waals surface area (Å²) in [4.78, 5) is 11.9. The number of nitrogens with two attached hydrogens (primary N) is 1. The second-order valence-electron chi connectivity index (χ2n) is 4.37. The molecule has 1 aromatic carbocycles. The maximum absolute atomic E-state index is 11.9. The molecular weight excluding hydrogens is 256 g/mol. The number of carbonyl (C=O) groups is 1. The number of aromatic nitrogens is 2. The van der Waals surface area contributed by atoms with Gasteiger partial charge in [0.15, 0.2) is 0 Å². The first-order valence-electron chi connectivity index (χ1n) is 6.38. The fourth-order valence-electron chi connectivity index (χ4n) is 1.90. The highest BCUT2D eigenvalue weighted by Crippen LogP contribution is 2.24. The minimum absolute atomic E-state index is 0.329. The van der Waals surface area contributed by atoms with Crippen LogP contribution in [0, 0.1) is 0 Å². The first-order valence-corrected chi connectivity index (χ1v) is 6.38. The standard InChI is InChI=1S/C14H18N4O2/c1-3-20-14(19)11-5-4-6-12(15)13(11)16-7-10-8-17-18(2)9-10/h4-6,8-9,16H,3,7,15H2,1-2H3. The van der Waals surface area contributed by atoms with E-state index in [0.717, 1.165) is 5.56 Å². The van der Waals surface area contributed by atoms with Crippen molar-refractivity contribution in [3.63, 3.8) is 0 Å². The number of nitrogens with zero attached hydrogens (tertiary/aromatic N) is 2. The van der Waals surface area contributed by atoms with Crippen molar-refractivity contribution in [1.29, 1.82) is 0 Å². The number of nitrogens with one attached hydrogen (secondary N) is 1. The van der Waals surface area contributed by atoms with E-state index in [1.165, 1.54) is 0 Å². The summed E-state index contributed by atoms with van der Waals surface area (Å²) in [7, 11) is 1.85. The summed E-state index contributed by atoms with van der Waals surface area (Å²) >= 11 is 0. The quantitative estimate of drug-likeness (QED) is 0.641. The van der Waals surface area contributed by atoms with Gasteiger partial charge in [0.25, 0.3) is 0 Å². The van der Waals surface area contributed by atoms with Gasteiger partial charge in [0.2, 0.25) is 0 Å². The molecule has 3 N–H and O–H groups in total. The molecule has 106 valence electrons. The van der Waals surface area contributed by atoms with Gasteiger partial charge >= 0.3 is 5.97 Å². The minimum Gasteiger partial charge on any atom is -0.462 e. The van der Waals surface area contributed by atoms with E-state index in [1.807, 2.05) is 13.2 Å². The van der Waals surface area contributed by atoms with Crippen LogP contribution in [-0.2, 0) is 18.3 Å². The topological polar surface area (TPSA) is 82.2 Å². The Morgan fingerprint density at radius 3 is 2.95 bits per heavy atom. The first kappa shape index (κ1) is 13.9. The molecule has 0 atom stereocenters. The summed E-state index contributed by atoms with van der Waals surface area (Å²) in [6, 6.07) is 5.17. The van der Waals surface area contributed by atoms with Gasteiger partial charge in [0, 0.05) is 25.4 Å². The maximum Gasteiger partial charge on any atom is 0.340 e. The fourth-order valence-corrected chi connectivity index (χ4v) is 1.90. The zero-order valence-electron chi connectivity index (χ0n) is 11.6. The molecule has 2 aromatic rings. The third-order valence-corrected chi connectivity index (χ3v) is 2.82. The zero-order chi connectivity index (χ0) is 14.5. The van der Waals surface area contributed by atoms with Crippen LogP contribution < -0.4 is 11.1 Å². The van der Waals surface area contributed by atoms with Crippen LogP contribution in [0.5, 0.6) is 0 Å². The van der Waals surface area contributed by atoms with Gasteiger partial charge in [-0.05, 0) is 19.1 Å². The second-order valence-corrected chi connectivity index (χ2v) is 4.37. The van der Waals surface area contributed by atoms with Crippen molar-refractivity contribution in [2.75, 3.05) is 17.7 Å². The first-order chi connectivity index (χ1) is 9.61. The van der Waals surface area contributed by atoms with E-state index in [0.29, 0.717) is 30.1 Å². The molecular formula is C14H18N4O2. The van der Waals surface area contributed by atoms with Gasteiger partial charge in [0.05, 0.1) is 29.7 Å². The summed E-state index contributed by atoms with van der Waals surface area (Å²) in [5.41, 5.74) is 8.49. The number of benzene rings is 1. The zero-order valence-corrected chi connectivity index (χ0v) is 11.6. The summed E-state index contributed by atoms with van der Waals surface area (Å²) in [5.74, 6) is -0.381. The highest BCUT2D eigenvalue weighted by Gasteiger charge is 2.14. The Morgan fingerprint density at radius 1 is 1.50 bits per heavy atom. The highest BCUT2D eigenvalue weighted by molar-refractivity contribution is 5.98. The predicted molar refractivity (Wildman–Crippen MR) is 77.3 cm³/mol. The van der Waals surface area contributed by atoms with E-state index in [1.54, 1.807) is 36.0 Å². The molecule has 0 unspecified atom stereocenters. The van der Waals surface area contributed by atoms with Crippen molar-refractivity contribution in [2.45, 2.75) is 13.5 Å². The molecule has 0 bridgehead atoms. The van der Waals surface area contributed by atoms with Gasteiger partial charge in [-0.1, -0.05) is 6.07 Å². The van der Waals surface area contributed by atoms with E-state index in [9.17, 15) is 4.79 Å². The number of esters is 1. The lowest BCUT2D eigenvalue weighted by Gasteiger charge is -2.13. The smallest absolute Gasteiger partial charge is 0.340 e. The molecule has 0 spiro atoms. The second kappa shape index (κ2) is 6.10. The molecule has 1 heterocycles. The summed E-state index contributed by atoms with van der Waals surface area (Å²) in [6.45, 7) is 2.64. The fraction of sp³-hybridized carbons (Fsp3) is 0.286. The van der Waals surface area contributed by atoms with Crippen LogP contribution in [0.1, 0.15) is 22.8 Å². The number of carbonyl (C=O) groups excluding carboxylic acids is 1. The van der Waals surface area contributed by atoms with Crippen LogP contribution in [-0.4, -0.2) is 22.4 Å². The van der Waals surface area contributed by atoms with Crippen LogP contribution >= 0.6 is 0 Å². The molecule has 0 aliphatic rings. The Labute approximate surface area is 117 Å². The Kier molecular flexibility index (Phi) is 4.24. The molecule has 0 saturated heterocycles.